The van der Waals surface area contributed by atoms with Crippen molar-refractivity contribution in [2.45, 2.75) is 31.6 Å². The monoisotopic (exact) mass is 461 g/mol. The molecule has 0 aromatic heterocycles. The van der Waals surface area contributed by atoms with Gasteiger partial charge in [0.1, 0.15) is 5.82 Å². The summed E-state index contributed by atoms with van der Waals surface area (Å²) in [5, 5.41) is 13.2. The fourth-order valence-electron chi connectivity index (χ4n) is 3.91. The first-order valence-electron chi connectivity index (χ1n) is 10.0. The zero-order chi connectivity index (χ0) is 23.0. The molecule has 0 spiro atoms. The minimum atomic E-state index is -2.31. The molecule has 10 heteroatoms. The highest BCUT2D eigenvalue weighted by Crippen LogP contribution is 2.34. The van der Waals surface area contributed by atoms with Gasteiger partial charge >= 0.3 is 6.09 Å². The minimum absolute atomic E-state index is 0.0248. The molecule has 0 aliphatic carbocycles. The Balaban J connectivity index is 1.42. The van der Waals surface area contributed by atoms with E-state index in [1.807, 2.05) is 0 Å². The van der Waals surface area contributed by atoms with Crippen LogP contribution in [0.15, 0.2) is 36.4 Å². The molecule has 2 N–H and O–H groups in total. The average Bonchev–Trinajstić information content (AvgIpc) is 3.02. The molecule has 3 amide bonds. The first-order valence-corrected chi connectivity index (χ1v) is 10.4. The van der Waals surface area contributed by atoms with Gasteiger partial charge in [0.15, 0.2) is 0 Å². The lowest BCUT2D eigenvalue weighted by molar-refractivity contribution is -0.175. The van der Waals surface area contributed by atoms with Gasteiger partial charge in [-0.15, -0.1) is 0 Å². The number of anilines is 2. The van der Waals surface area contributed by atoms with Gasteiger partial charge in [-0.05, 0) is 53.9 Å². The summed E-state index contributed by atoms with van der Waals surface area (Å²) in [6, 6.07) is 9.05. The van der Waals surface area contributed by atoms with Crippen molar-refractivity contribution in [3.63, 3.8) is 0 Å². The Labute approximate surface area is 188 Å². The molecule has 1 saturated heterocycles. The number of ether oxygens (including phenoxy) is 1. The molecule has 32 heavy (non-hydrogen) atoms. The molecular weight excluding hydrogens is 441 g/mol. The lowest BCUT2D eigenvalue weighted by Crippen LogP contribution is -2.46. The first kappa shape index (κ1) is 22.0. The van der Waals surface area contributed by atoms with E-state index in [9.17, 15) is 23.9 Å². The maximum atomic E-state index is 13.4. The number of rotatable bonds is 4. The maximum Gasteiger partial charge on any atom is 0.410 e. The number of nitrogens with zero attached hydrogens (tertiary/aromatic N) is 2. The zero-order valence-corrected chi connectivity index (χ0v) is 18.0. The predicted molar refractivity (Wildman–Crippen MR) is 115 cm³/mol. The van der Waals surface area contributed by atoms with Gasteiger partial charge in [0.05, 0.1) is 0 Å². The molecule has 0 saturated carbocycles. The number of aryl methyl sites for hydroxylation is 1. The quantitative estimate of drug-likeness (QED) is 0.682. The third-order valence-corrected chi connectivity index (χ3v) is 5.81. The fourth-order valence-corrected chi connectivity index (χ4v) is 4.16. The molecule has 2 aliphatic heterocycles. The van der Waals surface area contributed by atoms with Gasteiger partial charge in [0.2, 0.25) is 5.91 Å². The number of fused-ring (bicyclic) bond motifs is 1. The smallest absolute Gasteiger partial charge is 0.407 e. The number of alkyl carbamates (subject to hydrolysis) is 1. The van der Waals surface area contributed by atoms with Crippen LogP contribution in [0, 0.1) is 5.82 Å². The number of nitrogens with one attached hydrogen (secondary N) is 1. The molecule has 2 heterocycles. The fraction of sp³-hybridized carbons (Fsp3) is 0.318. The summed E-state index contributed by atoms with van der Waals surface area (Å²) >= 11 is 5.78. The van der Waals surface area contributed by atoms with E-state index in [4.69, 9.17) is 16.3 Å². The normalized spacial score (nSPS) is 20.4. The van der Waals surface area contributed by atoms with Crippen molar-refractivity contribution in [2.24, 2.45) is 0 Å². The van der Waals surface area contributed by atoms with Crippen molar-refractivity contribution in [2.75, 3.05) is 23.4 Å². The van der Waals surface area contributed by atoms with Crippen LogP contribution in [0.3, 0.4) is 0 Å². The highest BCUT2D eigenvalue weighted by atomic mass is 35.5. The molecule has 8 nitrogen and oxygen atoms in total. The van der Waals surface area contributed by atoms with Gasteiger partial charge in [-0.2, -0.15) is 0 Å². The number of halogens is 2. The molecule has 4 rings (SSSR count). The molecule has 0 radical (unpaired) electrons. The van der Waals surface area contributed by atoms with Crippen molar-refractivity contribution in [1.82, 2.24) is 5.32 Å². The molecule has 2 aliphatic rings. The lowest BCUT2D eigenvalue weighted by Gasteiger charge is -2.28. The number of benzene rings is 2. The van der Waals surface area contributed by atoms with Crippen molar-refractivity contribution >= 4 is 40.9 Å². The highest BCUT2D eigenvalue weighted by molar-refractivity contribution is 6.30. The first-order chi connectivity index (χ1) is 15.2. The van der Waals surface area contributed by atoms with Crippen LogP contribution in [0.25, 0.3) is 0 Å². The van der Waals surface area contributed by atoms with E-state index in [1.165, 1.54) is 17.0 Å². The Morgan fingerprint density at radius 3 is 2.78 bits per heavy atom. The van der Waals surface area contributed by atoms with Crippen LogP contribution in [0.5, 0.6) is 0 Å². The van der Waals surface area contributed by atoms with E-state index in [2.05, 4.69) is 5.32 Å². The van der Waals surface area contributed by atoms with Crippen molar-refractivity contribution in [3.8, 4) is 0 Å². The van der Waals surface area contributed by atoms with Gasteiger partial charge in [-0.25, -0.2) is 9.18 Å². The Bertz CT molecular complexity index is 1090. The van der Waals surface area contributed by atoms with Crippen molar-refractivity contribution < 1.29 is 28.6 Å². The van der Waals surface area contributed by atoms with Crippen LogP contribution in [0.2, 0.25) is 5.02 Å². The molecule has 2 aromatic rings. The third kappa shape index (κ3) is 4.26. The summed E-state index contributed by atoms with van der Waals surface area (Å²) < 4.78 is 18.4. The van der Waals surface area contributed by atoms with Crippen LogP contribution in [-0.2, 0) is 27.3 Å². The molecular formula is C22H21ClFN3O5. The highest BCUT2D eigenvalue weighted by Gasteiger charge is 2.49. The molecule has 0 bridgehead atoms. The molecule has 1 atom stereocenters. The summed E-state index contributed by atoms with van der Waals surface area (Å²) in [7, 11) is 1.70. The summed E-state index contributed by atoms with van der Waals surface area (Å²) in [4.78, 5) is 39.8. The van der Waals surface area contributed by atoms with Gasteiger partial charge in [0, 0.05) is 49.4 Å². The van der Waals surface area contributed by atoms with Crippen molar-refractivity contribution in [3.05, 3.63) is 58.4 Å². The second-order valence-corrected chi connectivity index (χ2v) is 8.21. The molecule has 1 fully saturated rings. The van der Waals surface area contributed by atoms with E-state index in [0.29, 0.717) is 24.1 Å². The summed E-state index contributed by atoms with van der Waals surface area (Å²) in [6.45, 7) is 0.0526. The zero-order valence-electron chi connectivity index (χ0n) is 17.2. The van der Waals surface area contributed by atoms with Crippen LogP contribution < -0.4 is 15.1 Å². The van der Waals surface area contributed by atoms with Gasteiger partial charge in [-0.1, -0.05) is 11.6 Å². The Morgan fingerprint density at radius 2 is 2.03 bits per heavy atom. The predicted octanol–water partition coefficient (Wildman–Crippen LogP) is 2.74. The second-order valence-electron chi connectivity index (χ2n) is 7.78. The number of carbonyl (C=O) groups excluding carboxylic acids is 3. The van der Waals surface area contributed by atoms with Gasteiger partial charge < -0.3 is 25.0 Å². The number of aliphatic hydroxyl groups is 1. The van der Waals surface area contributed by atoms with Gasteiger partial charge in [0.25, 0.3) is 11.7 Å². The van der Waals surface area contributed by atoms with E-state index in [-0.39, 0.29) is 30.4 Å². The summed E-state index contributed by atoms with van der Waals surface area (Å²) in [5.74, 6) is -3.60. The lowest BCUT2D eigenvalue weighted by atomic mass is 10.0. The second kappa shape index (κ2) is 8.40. The van der Waals surface area contributed by atoms with E-state index in [1.54, 1.807) is 30.1 Å². The SMILES string of the molecule is CN1C(=O)CCc2cc(N3CCC(O)(OC(=O)NCc4cc(F)cc(Cl)c4)C3=O)ccc21. The molecule has 2 aromatic carbocycles. The summed E-state index contributed by atoms with van der Waals surface area (Å²) in [6.07, 6.45) is -0.194. The topological polar surface area (TPSA) is 99.2 Å². The third-order valence-electron chi connectivity index (χ3n) is 5.59. The minimum Gasteiger partial charge on any atom is -0.407 e. The Kier molecular flexibility index (Phi) is 5.79. The molecule has 168 valence electrons. The van der Waals surface area contributed by atoms with E-state index < -0.39 is 23.6 Å². The van der Waals surface area contributed by atoms with E-state index in [0.717, 1.165) is 17.3 Å². The van der Waals surface area contributed by atoms with Crippen LogP contribution in [0.4, 0.5) is 20.6 Å². The average molecular weight is 462 g/mol. The standard InChI is InChI=1S/C22H21ClFN3O5/c1-26-18-4-3-17(10-14(18)2-5-19(26)28)27-7-6-22(31,20(27)29)32-21(30)25-12-13-8-15(23)11-16(24)9-13/h3-4,8-11,31H,2,5-7,12H2,1H3,(H,25,30). The van der Waals surface area contributed by atoms with Crippen LogP contribution in [-0.4, -0.2) is 42.4 Å². The number of amides is 3. The number of hydrogen-bond donors (Lipinski definition) is 2. The maximum absolute atomic E-state index is 13.4. The Morgan fingerprint density at radius 1 is 1.25 bits per heavy atom. The largest absolute Gasteiger partial charge is 0.410 e. The van der Waals surface area contributed by atoms with Gasteiger partial charge in [-0.3, -0.25) is 9.59 Å². The Hall–Kier alpha value is -3.17. The van der Waals surface area contributed by atoms with Crippen LogP contribution >= 0.6 is 11.6 Å². The van der Waals surface area contributed by atoms with Crippen molar-refractivity contribution in [1.29, 1.82) is 0 Å². The summed E-state index contributed by atoms with van der Waals surface area (Å²) in [5.41, 5.74) is 2.64. The number of hydrogen-bond acceptors (Lipinski definition) is 5. The van der Waals surface area contributed by atoms with Crippen LogP contribution in [0.1, 0.15) is 24.0 Å². The van der Waals surface area contributed by atoms with E-state index >= 15 is 0 Å². The molecule has 1 unspecified atom stereocenters. The number of carbonyl (C=O) groups is 3.